The molecule has 9 heteroatoms. The summed E-state index contributed by atoms with van der Waals surface area (Å²) in [5.41, 5.74) is -2.10. The Bertz CT molecular complexity index is 1030. The molecule has 3 aromatic rings. The SMILES string of the molecule is O=c1[nH]c(=O)c2sc3nc(C4CC4)cc(C(F)(F)F)c3c2[nH]1. The van der Waals surface area contributed by atoms with E-state index in [1.54, 1.807) is 0 Å². The lowest BCUT2D eigenvalue weighted by Gasteiger charge is -2.10. The second kappa shape index (κ2) is 4.19. The monoisotopic (exact) mass is 327 g/mol. The number of alkyl halides is 3. The van der Waals surface area contributed by atoms with Crippen LogP contribution < -0.4 is 11.2 Å². The molecule has 114 valence electrons. The number of aromatic amines is 2. The number of pyridine rings is 1. The minimum Gasteiger partial charge on any atom is -0.305 e. The molecular formula is C13H8F3N3O2S. The quantitative estimate of drug-likeness (QED) is 0.721. The van der Waals surface area contributed by atoms with Crippen LogP contribution in [0, 0.1) is 0 Å². The van der Waals surface area contributed by atoms with Crippen LogP contribution in [-0.2, 0) is 6.18 Å². The van der Waals surface area contributed by atoms with Crippen molar-refractivity contribution in [3.8, 4) is 0 Å². The van der Waals surface area contributed by atoms with E-state index in [2.05, 4.69) is 9.97 Å². The van der Waals surface area contributed by atoms with E-state index < -0.39 is 23.0 Å². The van der Waals surface area contributed by atoms with Gasteiger partial charge in [0.2, 0.25) is 0 Å². The number of fused-ring (bicyclic) bond motifs is 3. The van der Waals surface area contributed by atoms with E-state index in [1.807, 2.05) is 4.98 Å². The lowest BCUT2D eigenvalue weighted by molar-refractivity contribution is -0.136. The van der Waals surface area contributed by atoms with Gasteiger partial charge in [0, 0.05) is 17.0 Å². The van der Waals surface area contributed by atoms with Crippen molar-refractivity contribution in [2.45, 2.75) is 24.9 Å². The van der Waals surface area contributed by atoms with E-state index in [0.717, 1.165) is 30.2 Å². The van der Waals surface area contributed by atoms with Gasteiger partial charge >= 0.3 is 11.9 Å². The summed E-state index contributed by atoms with van der Waals surface area (Å²) in [5.74, 6) is 0.0491. The molecular weight excluding hydrogens is 319 g/mol. The Kier molecular flexibility index (Phi) is 2.57. The van der Waals surface area contributed by atoms with Crippen LogP contribution in [0.2, 0.25) is 0 Å². The van der Waals surface area contributed by atoms with Crippen molar-refractivity contribution in [2.75, 3.05) is 0 Å². The normalized spacial score (nSPS) is 15.8. The van der Waals surface area contributed by atoms with Crippen LogP contribution >= 0.6 is 11.3 Å². The molecule has 3 aromatic heterocycles. The standard InChI is InChI=1S/C13H8F3N3O2S/c14-13(15,16)5-3-6(4-1-2-4)17-11-7(5)8-9(22-11)10(20)19-12(21)18-8/h3-4H,1-2H2,(H2,18,19,20,21). The van der Waals surface area contributed by atoms with Crippen LogP contribution in [0.25, 0.3) is 20.4 Å². The third-order valence-corrected chi connectivity index (χ3v) is 4.74. The largest absolute Gasteiger partial charge is 0.417 e. The van der Waals surface area contributed by atoms with Crippen LogP contribution in [0.3, 0.4) is 0 Å². The molecule has 0 radical (unpaired) electrons. The first kappa shape index (κ1) is 13.5. The van der Waals surface area contributed by atoms with Gasteiger partial charge in [-0.3, -0.25) is 9.78 Å². The molecule has 0 amide bonds. The van der Waals surface area contributed by atoms with Crippen molar-refractivity contribution in [2.24, 2.45) is 0 Å². The summed E-state index contributed by atoms with van der Waals surface area (Å²) >= 11 is 0.862. The number of aromatic nitrogens is 3. The molecule has 2 N–H and O–H groups in total. The highest BCUT2D eigenvalue weighted by Crippen LogP contribution is 2.45. The fourth-order valence-corrected chi connectivity index (χ4v) is 3.57. The molecule has 4 rings (SSSR count). The zero-order chi connectivity index (χ0) is 15.6. The first-order chi connectivity index (χ1) is 10.3. The number of hydrogen-bond acceptors (Lipinski definition) is 4. The molecule has 0 atom stereocenters. The fraction of sp³-hybridized carbons (Fsp3) is 0.308. The van der Waals surface area contributed by atoms with E-state index in [4.69, 9.17) is 0 Å². The number of hydrogen-bond donors (Lipinski definition) is 2. The van der Waals surface area contributed by atoms with Crippen molar-refractivity contribution in [1.29, 1.82) is 0 Å². The number of nitrogens with one attached hydrogen (secondary N) is 2. The van der Waals surface area contributed by atoms with Crippen molar-refractivity contribution in [1.82, 2.24) is 15.0 Å². The van der Waals surface area contributed by atoms with Crippen LogP contribution in [0.15, 0.2) is 15.7 Å². The number of thiophene rings is 1. The summed E-state index contributed by atoms with van der Waals surface area (Å²) in [6.45, 7) is 0. The Balaban J connectivity index is 2.21. The summed E-state index contributed by atoms with van der Waals surface area (Å²) < 4.78 is 40.2. The summed E-state index contributed by atoms with van der Waals surface area (Å²) in [6, 6.07) is 1.03. The lowest BCUT2D eigenvalue weighted by Crippen LogP contribution is -2.20. The van der Waals surface area contributed by atoms with Gasteiger partial charge in [-0.15, -0.1) is 11.3 Å². The molecule has 0 unspecified atom stereocenters. The van der Waals surface area contributed by atoms with Crippen molar-refractivity contribution in [3.05, 3.63) is 38.2 Å². The topological polar surface area (TPSA) is 78.6 Å². The van der Waals surface area contributed by atoms with E-state index in [-0.39, 0.29) is 26.4 Å². The Morgan fingerprint density at radius 3 is 2.59 bits per heavy atom. The zero-order valence-electron chi connectivity index (χ0n) is 10.9. The first-order valence-corrected chi connectivity index (χ1v) is 7.33. The van der Waals surface area contributed by atoms with E-state index >= 15 is 0 Å². The smallest absolute Gasteiger partial charge is 0.305 e. The molecule has 1 fully saturated rings. The molecule has 0 aromatic carbocycles. The van der Waals surface area contributed by atoms with E-state index in [9.17, 15) is 22.8 Å². The third kappa shape index (κ3) is 1.96. The molecule has 0 spiro atoms. The highest BCUT2D eigenvalue weighted by Gasteiger charge is 2.37. The van der Waals surface area contributed by atoms with Crippen LogP contribution in [-0.4, -0.2) is 15.0 Å². The van der Waals surface area contributed by atoms with Gasteiger partial charge in [0.05, 0.1) is 11.1 Å². The van der Waals surface area contributed by atoms with Crippen molar-refractivity contribution < 1.29 is 13.2 Å². The molecule has 0 bridgehead atoms. The third-order valence-electron chi connectivity index (χ3n) is 3.65. The number of rotatable bonds is 1. The molecule has 22 heavy (non-hydrogen) atoms. The summed E-state index contributed by atoms with van der Waals surface area (Å²) in [7, 11) is 0. The fourth-order valence-electron chi connectivity index (χ4n) is 2.51. The molecule has 3 heterocycles. The number of halogens is 3. The Morgan fingerprint density at radius 1 is 1.23 bits per heavy atom. The molecule has 0 aliphatic heterocycles. The van der Waals surface area contributed by atoms with E-state index in [0.29, 0.717) is 5.69 Å². The average Bonchev–Trinajstić information content (AvgIpc) is 3.19. The predicted molar refractivity (Wildman–Crippen MR) is 75.3 cm³/mol. The minimum atomic E-state index is -4.58. The highest BCUT2D eigenvalue weighted by molar-refractivity contribution is 7.25. The maximum atomic E-state index is 13.4. The Morgan fingerprint density at radius 2 is 1.95 bits per heavy atom. The second-order valence-electron chi connectivity index (χ2n) is 5.26. The maximum absolute atomic E-state index is 13.4. The molecule has 1 aliphatic carbocycles. The van der Waals surface area contributed by atoms with Gasteiger partial charge in [0.1, 0.15) is 9.53 Å². The maximum Gasteiger partial charge on any atom is 0.417 e. The Hall–Kier alpha value is -2.16. The zero-order valence-corrected chi connectivity index (χ0v) is 11.7. The van der Waals surface area contributed by atoms with Gasteiger partial charge in [0.25, 0.3) is 5.56 Å². The molecule has 1 saturated carbocycles. The molecule has 5 nitrogen and oxygen atoms in total. The average molecular weight is 327 g/mol. The molecule has 0 saturated heterocycles. The second-order valence-corrected chi connectivity index (χ2v) is 6.26. The van der Waals surface area contributed by atoms with Crippen LogP contribution in [0.4, 0.5) is 13.2 Å². The van der Waals surface area contributed by atoms with Gasteiger partial charge in [0.15, 0.2) is 0 Å². The lowest BCUT2D eigenvalue weighted by atomic mass is 10.1. The van der Waals surface area contributed by atoms with E-state index in [1.165, 1.54) is 0 Å². The number of H-pyrrole nitrogens is 2. The predicted octanol–water partition coefficient (Wildman–Crippen LogP) is 2.72. The summed E-state index contributed by atoms with van der Waals surface area (Å²) in [4.78, 5) is 31.9. The first-order valence-electron chi connectivity index (χ1n) is 6.51. The minimum absolute atomic E-state index is 0.0422. The van der Waals surface area contributed by atoms with Crippen molar-refractivity contribution >= 4 is 31.8 Å². The number of nitrogens with zero attached hydrogens (tertiary/aromatic N) is 1. The highest BCUT2D eigenvalue weighted by atomic mass is 32.1. The molecule has 1 aliphatic rings. The van der Waals surface area contributed by atoms with Crippen LogP contribution in [0.5, 0.6) is 0 Å². The van der Waals surface area contributed by atoms with Gasteiger partial charge in [-0.25, -0.2) is 9.78 Å². The van der Waals surface area contributed by atoms with Gasteiger partial charge in [-0.1, -0.05) is 0 Å². The van der Waals surface area contributed by atoms with Crippen molar-refractivity contribution in [3.63, 3.8) is 0 Å². The van der Waals surface area contributed by atoms with Gasteiger partial charge in [-0.2, -0.15) is 13.2 Å². The van der Waals surface area contributed by atoms with Gasteiger partial charge in [-0.05, 0) is 18.9 Å². The summed E-state index contributed by atoms with van der Waals surface area (Å²) in [6.07, 6.45) is -2.95. The van der Waals surface area contributed by atoms with Gasteiger partial charge < -0.3 is 4.98 Å². The summed E-state index contributed by atoms with van der Waals surface area (Å²) in [5, 5.41) is -0.208. The van der Waals surface area contributed by atoms with Crippen LogP contribution in [0.1, 0.15) is 30.0 Å². The Labute approximate surface area is 123 Å².